The van der Waals surface area contributed by atoms with E-state index >= 15 is 0 Å². The minimum absolute atomic E-state index is 0.759. The van der Waals surface area contributed by atoms with Crippen molar-refractivity contribution in [2.75, 3.05) is 12.4 Å². The SMILES string of the molecule is CNc1cc(Sc2nnc3n2CCCCC3)nc(C)n1. The summed E-state index contributed by atoms with van der Waals surface area (Å²) >= 11 is 1.56. The number of hydrogen-bond donors (Lipinski definition) is 1. The molecule has 0 saturated heterocycles. The van der Waals surface area contributed by atoms with Crippen LogP contribution in [0.3, 0.4) is 0 Å². The number of fused-ring (bicyclic) bond motifs is 1. The van der Waals surface area contributed by atoms with Crippen molar-refractivity contribution in [2.45, 2.75) is 49.3 Å². The fourth-order valence-electron chi connectivity index (χ4n) is 2.35. The van der Waals surface area contributed by atoms with Crippen LogP contribution < -0.4 is 5.32 Å². The molecule has 0 unspecified atom stereocenters. The third-order valence-corrected chi connectivity index (χ3v) is 4.24. The Morgan fingerprint density at radius 3 is 2.95 bits per heavy atom. The summed E-state index contributed by atoms with van der Waals surface area (Å²) in [5.74, 6) is 2.69. The Kier molecular flexibility index (Phi) is 3.86. The topological polar surface area (TPSA) is 68.5 Å². The zero-order valence-corrected chi connectivity index (χ0v) is 12.6. The van der Waals surface area contributed by atoms with Gasteiger partial charge in [0.05, 0.1) is 0 Å². The van der Waals surface area contributed by atoms with Crippen LogP contribution in [0.1, 0.15) is 30.9 Å². The highest BCUT2D eigenvalue weighted by atomic mass is 32.2. The fourth-order valence-corrected chi connectivity index (χ4v) is 3.27. The molecule has 0 amide bonds. The van der Waals surface area contributed by atoms with Crippen LogP contribution in [-0.4, -0.2) is 31.8 Å². The van der Waals surface area contributed by atoms with Crippen LogP contribution in [0.15, 0.2) is 16.2 Å². The largest absolute Gasteiger partial charge is 0.373 e. The lowest BCUT2D eigenvalue weighted by Gasteiger charge is -2.07. The number of rotatable bonds is 3. The Bertz CT molecular complexity index is 609. The van der Waals surface area contributed by atoms with Gasteiger partial charge >= 0.3 is 0 Å². The van der Waals surface area contributed by atoms with Gasteiger partial charge < -0.3 is 9.88 Å². The molecule has 106 valence electrons. The minimum atomic E-state index is 0.759. The zero-order chi connectivity index (χ0) is 13.9. The molecule has 3 heterocycles. The number of nitrogens with one attached hydrogen (secondary N) is 1. The number of anilines is 1. The van der Waals surface area contributed by atoms with E-state index < -0.39 is 0 Å². The molecule has 0 fully saturated rings. The van der Waals surface area contributed by atoms with Crippen LogP contribution in [0.4, 0.5) is 5.82 Å². The van der Waals surface area contributed by atoms with Gasteiger partial charge in [-0.05, 0) is 31.5 Å². The molecule has 0 aliphatic carbocycles. The highest BCUT2D eigenvalue weighted by Gasteiger charge is 2.16. The zero-order valence-electron chi connectivity index (χ0n) is 11.8. The van der Waals surface area contributed by atoms with Crippen molar-refractivity contribution < 1.29 is 0 Å². The monoisotopic (exact) mass is 290 g/mol. The number of nitrogens with zero attached hydrogens (tertiary/aromatic N) is 5. The summed E-state index contributed by atoms with van der Waals surface area (Å²) in [7, 11) is 1.86. The van der Waals surface area contributed by atoms with E-state index in [0.29, 0.717) is 0 Å². The van der Waals surface area contributed by atoms with Crippen molar-refractivity contribution in [1.82, 2.24) is 24.7 Å². The lowest BCUT2D eigenvalue weighted by atomic mass is 10.2. The summed E-state index contributed by atoms with van der Waals surface area (Å²) in [5.41, 5.74) is 0. The first kappa shape index (κ1) is 13.4. The predicted octanol–water partition coefficient (Wildman–Crippen LogP) is 2.30. The molecule has 0 saturated carbocycles. The maximum absolute atomic E-state index is 4.46. The van der Waals surface area contributed by atoms with Gasteiger partial charge in [0.1, 0.15) is 22.5 Å². The van der Waals surface area contributed by atoms with E-state index in [0.717, 1.165) is 40.6 Å². The normalized spacial score (nSPS) is 14.7. The van der Waals surface area contributed by atoms with Crippen LogP contribution in [0.5, 0.6) is 0 Å². The van der Waals surface area contributed by atoms with E-state index in [2.05, 4.69) is 30.0 Å². The lowest BCUT2D eigenvalue weighted by Crippen LogP contribution is -2.03. The second-order valence-electron chi connectivity index (χ2n) is 4.85. The molecule has 7 heteroatoms. The van der Waals surface area contributed by atoms with Crippen molar-refractivity contribution in [3.63, 3.8) is 0 Å². The van der Waals surface area contributed by atoms with Gasteiger partial charge in [0.15, 0.2) is 5.16 Å². The van der Waals surface area contributed by atoms with E-state index in [1.807, 2.05) is 20.0 Å². The van der Waals surface area contributed by atoms with Crippen molar-refractivity contribution >= 4 is 17.6 Å². The molecule has 3 rings (SSSR count). The number of aromatic nitrogens is 5. The third kappa shape index (κ3) is 2.77. The van der Waals surface area contributed by atoms with Crippen molar-refractivity contribution in [3.8, 4) is 0 Å². The average Bonchev–Trinajstić information content (AvgIpc) is 2.67. The smallest absolute Gasteiger partial charge is 0.197 e. The maximum atomic E-state index is 4.46. The van der Waals surface area contributed by atoms with Crippen LogP contribution >= 0.6 is 11.8 Å². The van der Waals surface area contributed by atoms with Crippen LogP contribution in [0, 0.1) is 6.92 Å². The Labute approximate surface area is 122 Å². The molecule has 1 N–H and O–H groups in total. The minimum Gasteiger partial charge on any atom is -0.373 e. The molecular weight excluding hydrogens is 272 g/mol. The molecule has 0 aromatic carbocycles. The van der Waals surface area contributed by atoms with Crippen LogP contribution in [0.25, 0.3) is 0 Å². The molecule has 0 atom stereocenters. The number of hydrogen-bond acceptors (Lipinski definition) is 6. The van der Waals surface area contributed by atoms with E-state index in [9.17, 15) is 0 Å². The summed E-state index contributed by atoms with van der Waals surface area (Å²) < 4.78 is 2.23. The summed E-state index contributed by atoms with van der Waals surface area (Å²) in [6.07, 6.45) is 4.70. The van der Waals surface area contributed by atoms with Gasteiger partial charge in [-0.15, -0.1) is 10.2 Å². The predicted molar refractivity (Wildman–Crippen MR) is 78.0 cm³/mol. The van der Waals surface area contributed by atoms with E-state index in [-0.39, 0.29) is 0 Å². The molecule has 0 bridgehead atoms. The molecule has 2 aromatic rings. The Morgan fingerprint density at radius 1 is 1.20 bits per heavy atom. The van der Waals surface area contributed by atoms with Gasteiger partial charge in [0, 0.05) is 26.1 Å². The highest BCUT2D eigenvalue weighted by Crippen LogP contribution is 2.28. The third-order valence-electron chi connectivity index (χ3n) is 3.34. The van der Waals surface area contributed by atoms with E-state index in [1.165, 1.54) is 19.3 Å². The van der Waals surface area contributed by atoms with Gasteiger partial charge in [-0.2, -0.15) is 0 Å². The first-order valence-electron chi connectivity index (χ1n) is 6.89. The first-order valence-corrected chi connectivity index (χ1v) is 7.71. The molecule has 20 heavy (non-hydrogen) atoms. The van der Waals surface area contributed by atoms with Crippen LogP contribution in [-0.2, 0) is 13.0 Å². The van der Waals surface area contributed by atoms with E-state index in [1.54, 1.807) is 11.8 Å². The van der Waals surface area contributed by atoms with Gasteiger partial charge in [-0.1, -0.05) is 6.42 Å². The van der Waals surface area contributed by atoms with Gasteiger partial charge in [-0.3, -0.25) is 0 Å². The average molecular weight is 290 g/mol. The fraction of sp³-hybridized carbons (Fsp3) is 0.538. The summed E-state index contributed by atoms with van der Waals surface area (Å²) in [4.78, 5) is 8.77. The van der Waals surface area contributed by atoms with Gasteiger partial charge in [0.2, 0.25) is 0 Å². The highest BCUT2D eigenvalue weighted by molar-refractivity contribution is 7.99. The molecular formula is C13H18N6S. The summed E-state index contributed by atoms with van der Waals surface area (Å²) in [5, 5.41) is 13.5. The lowest BCUT2D eigenvalue weighted by molar-refractivity contribution is 0.590. The molecule has 2 aromatic heterocycles. The van der Waals surface area contributed by atoms with Crippen molar-refractivity contribution in [3.05, 3.63) is 17.7 Å². The quantitative estimate of drug-likeness (QED) is 0.875. The van der Waals surface area contributed by atoms with Crippen LogP contribution in [0.2, 0.25) is 0 Å². The van der Waals surface area contributed by atoms with Gasteiger partial charge in [-0.25, -0.2) is 9.97 Å². The Morgan fingerprint density at radius 2 is 2.10 bits per heavy atom. The second kappa shape index (κ2) is 5.78. The molecule has 6 nitrogen and oxygen atoms in total. The Balaban J connectivity index is 1.88. The maximum Gasteiger partial charge on any atom is 0.197 e. The molecule has 0 radical (unpaired) electrons. The number of aryl methyl sites for hydroxylation is 2. The second-order valence-corrected chi connectivity index (χ2v) is 5.84. The molecule has 1 aliphatic heterocycles. The molecule has 1 aliphatic rings. The first-order chi connectivity index (χ1) is 9.76. The summed E-state index contributed by atoms with van der Waals surface area (Å²) in [6.45, 7) is 2.91. The van der Waals surface area contributed by atoms with Crippen molar-refractivity contribution in [2.24, 2.45) is 0 Å². The summed E-state index contributed by atoms with van der Waals surface area (Å²) in [6, 6.07) is 1.94. The van der Waals surface area contributed by atoms with Crippen molar-refractivity contribution in [1.29, 1.82) is 0 Å². The van der Waals surface area contributed by atoms with E-state index in [4.69, 9.17) is 0 Å². The standard InChI is InChI=1S/C13H18N6S/c1-9-15-10(14-2)8-12(16-9)20-13-18-17-11-6-4-3-5-7-19(11)13/h8H,3-7H2,1-2H3,(H,14,15,16). The Hall–Kier alpha value is -1.63. The van der Waals surface area contributed by atoms with Gasteiger partial charge in [0.25, 0.3) is 0 Å². The molecule has 0 spiro atoms.